The van der Waals surface area contributed by atoms with Gasteiger partial charge in [-0.25, -0.2) is 15.1 Å². The fraction of sp³-hybridized carbons (Fsp3) is 0.100. The van der Waals surface area contributed by atoms with E-state index >= 15 is 0 Å². The number of nitro groups is 1. The van der Waals surface area contributed by atoms with Crippen molar-refractivity contribution in [2.45, 2.75) is 6.92 Å². The number of H-pyrrole nitrogens is 1. The van der Waals surface area contributed by atoms with E-state index in [9.17, 15) is 14.9 Å². The van der Waals surface area contributed by atoms with E-state index in [1.54, 1.807) is 31.5 Å². The maximum atomic E-state index is 11.9. The third kappa shape index (κ3) is 2.32. The first kappa shape index (κ1) is 11.7. The summed E-state index contributed by atoms with van der Waals surface area (Å²) in [7, 11) is 0. The second kappa shape index (κ2) is 4.62. The summed E-state index contributed by atoms with van der Waals surface area (Å²) in [6.45, 7) is 1.61. The average Bonchev–Trinajstić information content (AvgIpc) is 2.28. The van der Waals surface area contributed by atoms with Crippen LogP contribution in [0.5, 0.6) is 0 Å². The summed E-state index contributed by atoms with van der Waals surface area (Å²) >= 11 is 0. The summed E-state index contributed by atoms with van der Waals surface area (Å²) in [4.78, 5) is 32.2. The Hall–Kier alpha value is -2.77. The number of aromatic nitrogens is 3. The van der Waals surface area contributed by atoms with E-state index in [2.05, 4.69) is 15.0 Å². The van der Waals surface area contributed by atoms with Crippen molar-refractivity contribution in [1.82, 2.24) is 15.0 Å². The van der Waals surface area contributed by atoms with Crippen LogP contribution in [0.3, 0.4) is 0 Å². The molecule has 0 radical (unpaired) electrons. The zero-order valence-corrected chi connectivity index (χ0v) is 9.38. The number of nitrogens with zero attached hydrogens (tertiary/aromatic N) is 3. The van der Waals surface area contributed by atoms with Gasteiger partial charge >= 0.3 is 0 Å². The molecule has 0 fully saturated rings. The van der Waals surface area contributed by atoms with Crippen molar-refractivity contribution in [1.29, 1.82) is 0 Å². The summed E-state index contributed by atoms with van der Waals surface area (Å²) < 4.78 is 0. The van der Waals surface area contributed by atoms with Crippen molar-refractivity contribution in [3.8, 4) is 11.1 Å². The van der Waals surface area contributed by atoms with Crippen LogP contribution in [-0.2, 0) is 0 Å². The SMILES string of the molecule is Cc1nc(N[N+](=O)[O-])[nH]c(=O)c1-c1ccncc1. The molecule has 8 nitrogen and oxygen atoms in total. The van der Waals surface area contributed by atoms with Crippen molar-refractivity contribution in [3.63, 3.8) is 0 Å². The molecule has 0 aromatic carbocycles. The van der Waals surface area contributed by atoms with Gasteiger partial charge in [0.1, 0.15) is 0 Å². The Kier molecular flexibility index (Phi) is 3.00. The third-order valence-corrected chi connectivity index (χ3v) is 2.27. The molecule has 2 N–H and O–H groups in total. The van der Waals surface area contributed by atoms with Crippen LogP contribution < -0.4 is 11.0 Å². The summed E-state index contributed by atoms with van der Waals surface area (Å²) in [5, 5.41) is 9.48. The molecular weight excluding hydrogens is 238 g/mol. The molecule has 0 unspecified atom stereocenters. The molecule has 8 heteroatoms. The lowest BCUT2D eigenvalue weighted by Crippen LogP contribution is -2.19. The van der Waals surface area contributed by atoms with Crippen molar-refractivity contribution < 1.29 is 5.03 Å². The number of hydrazine groups is 1. The molecule has 0 saturated carbocycles. The third-order valence-electron chi connectivity index (χ3n) is 2.27. The molecule has 0 bridgehead atoms. The lowest BCUT2D eigenvalue weighted by molar-refractivity contribution is -0.446. The maximum Gasteiger partial charge on any atom is 0.266 e. The zero-order valence-electron chi connectivity index (χ0n) is 9.38. The molecule has 2 aromatic heterocycles. The lowest BCUT2D eigenvalue weighted by atomic mass is 10.1. The molecule has 0 aliphatic carbocycles. The van der Waals surface area contributed by atoms with Gasteiger partial charge in [-0.05, 0) is 24.6 Å². The fourth-order valence-electron chi connectivity index (χ4n) is 1.58. The van der Waals surface area contributed by atoms with Crippen LogP contribution in [0.4, 0.5) is 5.95 Å². The summed E-state index contributed by atoms with van der Waals surface area (Å²) in [5.41, 5.74) is 2.78. The lowest BCUT2D eigenvalue weighted by Gasteiger charge is -2.05. The number of pyridine rings is 1. The standard InChI is InChI=1S/C10H9N5O3/c1-6-8(7-2-4-11-5-3-7)9(16)13-10(12-6)14-15(17)18/h2-5H,1H3,(H2,12,13,14,16). The van der Waals surface area contributed by atoms with E-state index < -0.39 is 10.6 Å². The van der Waals surface area contributed by atoms with E-state index in [4.69, 9.17) is 0 Å². The highest BCUT2D eigenvalue weighted by Crippen LogP contribution is 2.17. The molecule has 0 spiro atoms. The molecule has 92 valence electrons. The van der Waals surface area contributed by atoms with Crippen LogP contribution in [0.1, 0.15) is 5.69 Å². The smallest absolute Gasteiger partial charge is 0.266 e. The number of anilines is 1. The predicted octanol–water partition coefficient (Wildman–Crippen LogP) is 0.744. The first-order valence-electron chi connectivity index (χ1n) is 5.00. The van der Waals surface area contributed by atoms with Crippen LogP contribution in [-0.4, -0.2) is 20.0 Å². The Morgan fingerprint density at radius 1 is 1.39 bits per heavy atom. The second-order valence-electron chi connectivity index (χ2n) is 3.48. The number of hydrogen-bond acceptors (Lipinski definition) is 5. The van der Waals surface area contributed by atoms with Gasteiger partial charge in [0.2, 0.25) is 0 Å². The Bertz CT molecular complexity index is 638. The van der Waals surface area contributed by atoms with Gasteiger partial charge in [0.15, 0.2) is 5.03 Å². The second-order valence-corrected chi connectivity index (χ2v) is 3.48. The first-order valence-corrected chi connectivity index (χ1v) is 5.00. The molecule has 0 aliphatic heterocycles. The largest absolute Gasteiger partial charge is 0.288 e. The molecule has 2 rings (SSSR count). The summed E-state index contributed by atoms with van der Waals surface area (Å²) in [6, 6.07) is 3.33. The van der Waals surface area contributed by atoms with Crippen LogP contribution in [0.2, 0.25) is 0 Å². The van der Waals surface area contributed by atoms with Gasteiger partial charge in [0.25, 0.3) is 11.5 Å². The predicted molar refractivity (Wildman–Crippen MR) is 63.4 cm³/mol. The monoisotopic (exact) mass is 247 g/mol. The molecule has 0 aliphatic rings. The van der Waals surface area contributed by atoms with E-state index in [-0.39, 0.29) is 5.95 Å². The normalized spacial score (nSPS) is 10.1. The van der Waals surface area contributed by atoms with Crippen LogP contribution in [0.25, 0.3) is 11.1 Å². The van der Waals surface area contributed by atoms with Gasteiger partial charge < -0.3 is 0 Å². The topological polar surface area (TPSA) is 114 Å². The van der Waals surface area contributed by atoms with Gasteiger partial charge in [-0.2, -0.15) is 0 Å². The van der Waals surface area contributed by atoms with Gasteiger partial charge in [-0.1, -0.05) is 5.43 Å². The fourth-order valence-corrected chi connectivity index (χ4v) is 1.58. The highest BCUT2D eigenvalue weighted by atomic mass is 16.7. The van der Waals surface area contributed by atoms with Crippen molar-refractivity contribution in [3.05, 3.63) is 50.7 Å². The molecular formula is C10H9N5O3. The minimum absolute atomic E-state index is 0.194. The molecule has 0 saturated heterocycles. The number of aryl methyl sites for hydroxylation is 1. The number of rotatable bonds is 3. The number of hydrogen-bond donors (Lipinski definition) is 2. The van der Waals surface area contributed by atoms with E-state index in [0.717, 1.165) is 0 Å². The van der Waals surface area contributed by atoms with Crippen LogP contribution >= 0.6 is 0 Å². The Balaban J connectivity index is 2.52. The first-order chi connectivity index (χ1) is 8.58. The minimum atomic E-state index is -0.788. The highest BCUT2D eigenvalue weighted by molar-refractivity contribution is 5.64. The zero-order chi connectivity index (χ0) is 13.1. The molecule has 0 amide bonds. The highest BCUT2D eigenvalue weighted by Gasteiger charge is 2.12. The van der Waals surface area contributed by atoms with E-state index in [0.29, 0.717) is 16.8 Å². The summed E-state index contributed by atoms with van der Waals surface area (Å²) in [5.74, 6) is -0.194. The van der Waals surface area contributed by atoms with Gasteiger partial charge in [-0.3, -0.25) is 14.8 Å². The van der Waals surface area contributed by atoms with Gasteiger partial charge in [0, 0.05) is 12.4 Å². The Morgan fingerprint density at radius 3 is 2.61 bits per heavy atom. The maximum absolute atomic E-state index is 11.9. The van der Waals surface area contributed by atoms with Crippen LogP contribution in [0.15, 0.2) is 29.3 Å². The number of nitrogens with one attached hydrogen (secondary N) is 2. The van der Waals surface area contributed by atoms with Crippen LogP contribution in [0, 0.1) is 17.0 Å². The minimum Gasteiger partial charge on any atom is -0.288 e. The molecule has 2 heterocycles. The number of aromatic amines is 1. The molecule has 0 atom stereocenters. The summed E-state index contributed by atoms with van der Waals surface area (Å²) in [6.07, 6.45) is 3.11. The van der Waals surface area contributed by atoms with Crippen molar-refractivity contribution in [2.75, 3.05) is 5.43 Å². The van der Waals surface area contributed by atoms with Crippen molar-refractivity contribution >= 4 is 5.95 Å². The average molecular weight is 247 g/mol. The van der Waals surface area contributed by atoms with E-state index in [1.807, 2.05) is 5.43 Å². The molecule has 2 aromatic rings. The van der Waals surface area contributed by atoms with Crippen molar-refractivity contribution in [2.24, 2.45) is 0 Å². The quantitative estimate of drug-likeness (QED) is 0.610. The van der Waals surface area contributed by atoms with Gasteiger partial charge in [0.05, 0.1) is 11.3 Å². The molecule has 18 heavy (non-hydrogen) atoms. The Morgan fingerprint density at radius 2 is 2.06 bits per heavy atom. The Labute approximate surface area is 101 Å². The van der Waals surface area contributed by atoms with Gasteiger partial charge in [-0.15, -0.1) is 0 Å². The van der Waals surface area contributed by atoms with E-state index in [1.165, 1.54) is 0 Å².